The van der Waals surface area contributed by atoms with Crippen LogP contribution in [-0.4, -0.2) is 29.7 Å². The Morgan fingerprint density at radius 2 is 2.00 bits per heavy atom. The zero-order valence-corrected chi connectivity index (χ0v) is 14.1. The molecule has 2 atom stereocenters. The maximum atomic E-state index is 12.3. The zero-order chi connectivity index (χ0) is 17.6. The quantitative estimate of drug-likeness (QED) is 0.809. The first-order valence-corrected chi connectivity index (χ1v) is 8.73. The van der Waals surface area contributed by atoms with Gasteiger partial charge in [-0.1, -0.05) is 36.4 Å². The van der Waals surface area contributed by atoms with Gasteiger partial charge in [0, 0.05) is 13.0 Å². The molecule has 0 radical (unpaired) electrons. The van der Waals surface area contributed by atoms with E-state index in [1.165, 1.54) is 0 Å². The van der Waals surface area contributed by atoms with Crippen LogP contribution in [0, 0.1) is 0 Å². The highest BCUT2D eigenvalue weighted by Gasteiger charge is 2.21. The van der Waals surface area contributed by atoms with E-state index in [-0.39, 0.29) is 18.4 Å². The van der Waals surface area contributed by atoms with Gasteiger partial charge in [-0.25, -0.2) is 0 Å². The van der Waals surface area contributed by atoms with E-state index in [0.717, 1.165) is 35.8 Å². The molecule has 0 aromatic heterocycles. The molecular weight excluding hydrogens is 318 g/mol. The Balaban J connectivity index is 1.69. The van der Waals surface area contributed by atoms with Crippen LogP contribution < -0.4 is 5.32 Å². The average Bonchev–Trinajstić information content (AvgIpc) is 3.12. The van der Waals surface area contributed by atoms with E-state index in [0.29, 0.717) is 12.8 Å². The fourth-order valence-corrected chi connectivity index (χ4v) is 3.28. The molecule has 1 unspecified atom stereocenters. The molecule has 2 aromatic rings. The summed E-state index contributed by atoms with van der Waals surface area (Å²) in [7, 11) is 0. The highest BCUT2D eigenvalue weighted by Crippen LogP contribution is 2.23. The van der Waals surface area contributed by atoms with Crippen LogP contribution in [0.5, 0.6) is 0 Å². The van der Waals surface area contributed by atoms with E-state index in [9.17, 15) is 14.7 Å². The van der Waals surface area contributed by atoms with Gasteiger partial charge in [0.1, 0.15) is 0 Å². The maximum absolute atomic E-state index is 12.3. The molecular formula is C20H23NO4. The second-order valence-electron chi connectivity index (χ2n) is 6.50. The summed E-state index contributed by atoms with van der Waals surface area (Å²) >= 11 is 0. The van der Waals surface area contributed by atoms with E-state index in [1.807, 2.05) is 42.5 Å². The van der Waals surface area contributed by atoms with E-state index in [1.54, 1.807) is 0 Å². The van der Waals surface area contributed by atoms with Crippen LogP contribution >= 0.6 is 0 Å². The summed E-state index contributed by atoms with van der Waals surface area (Å²) in [5.41, 5.74) is 0.812. The first-order valence-electron chi connectivity index (χ1n) is 8.73. The standard InChI is InChI=1S/C20H23NO4/c22-19(10-9-17-6-3-11-25-17)21-18(13-20(23)24)16-8-7-14-4-1-2-5-15(14)12-16/h1-2,4-5,7-8,12,17-18H,3,6,9-11,13H2,(H,21,22)(H,23,24)/t17?,18-/m0/s1. The molecule has 3 rings (SSSR count). The molecule has 1 aliphatic heterocycles. The third-order valence-corrected chi connectivity index (χ3v) is 4.61. The van der Waals surface area contributed by atoms with Crippen molar-refractivity contribution in [3.05, 3.63) is 48.0 Å². The van der Waals surface area contributed by atoms with Crippen LogP contribution in [0.3, 0.4) is 0 Å². The Bertz CT molecular complexity index is 752. The van der Waals surface area contributed by atoms with Gasteiger partial charge in [0.25, 0.3) is 0 Å². The summed E-state index contributed by atoms with van der Waals surface area (Å²) < 4.78 is 5.53. The van der Waals surface area contributed by atoms with Crippen LogP contribution in [0.4, 0.5) is 0 Å². The number of carboxylic acid groups (broad SMARTS) is 1. The van der Waals surface area contributed by atoms with Crippen molar-refractivity contribution in [1.29, 1.82) is 0 Å². The van der Waals surface area contributed by atoms with E-state index in [4.69, 9.17) is 4.74 Å². The lowest BCUT2D eigenvalue weighted by Gasteiger charge is -2.19. The number of carboxylic acids is 1. The van der Waals surface area contributed by atoms with Crippen molar-refractivity contribution in [2.75, 3.05) is 6.61 Å². The summed E-state index contributed by atoms with van der Waals surface area (Å²) in [4.78, 5) is 23.5. The van der Waals surface area contributed by atoms with Crippen LogP contribution in [0.15, 0.2) is 42.5 Å². The number of rotatable bonds is 7. The lowest BCUT2D eigenvalue weighted by atomic mass is 9.99. The van der Waals surface area contributed by atoms with Crippen molar-refractivity contribution >= 4 is 22.6 Å². The van der Waals surface area contributed by atoms with Gasteiger partial charge >= 0.3 is 5.97 Å². The Morgan fingerprint density at radius 1 is 1.20 bits per heavy atom. The fraction of sp³-hybridized carbons (Fsp3) is 0.400. The van der Waals surface area contributed by atoms with Crippen LogP contribution in [0.1, 0.15) is 43.7 Å². The third-order valence-electron chi connectivity index (χ3n) is 4.61. The van der Waals surface area contributed by atoms with Crippen molar-refractivity contribution in [2.24, 2.45) is 0 Å². The van der Waals surface area contributed by atoms with Crippen LogP contribution in [-0.2, 0) is 14.3 Å². The zero-order valence-electron chi connectivity index (χ0n) is 14.1. The molecule has 0 bridgehead atoms. The van der Waals surface area contributed by atoms with Gasteiger partial charge < -0.3 is 15.2 Å². The number of hydrogen-bond acceptors (Lipinski definition) is 3. The van der Waals surface area contributed by atoms with Gasteiger partial charge in [0.2, 0.25) is 5.91 Å². The fourth-order valence-electron chi connectivity index (χ4n) is 3.28. The Morgan fingerprint density at radius 3 is 2.72 bits per heavy atom. The molecule has 2 aromatic carbocycles. The van der Waals surface area contributed by atoms with Gasteiger partial charge in [0.05, 0.1) is 18.6 Å². The summed E-state index contributed by atoms with van der Waals surface area (Å²) in [6.45, 7) is 0.769. The number of amides is 1. The predicted octanol–water partition coefficient (Wildman–Crippen LogP) is 3.43. The minimum atomic E-state index is -0.933. The maximum Gasteiger partial charge on any atom is 0.305 e. The van der Waals surface area contributed by atoms with Crippen molar-refractivity contribution in [3.63, 3.8) is 0 Å². The van der Waals surface area contributed by atoms with E-state index < -0.39 is 12.0 Å². The number of nitrogens with one attached hydrogen (secondary N) is 1. The second kappa shape index (κ2) is 8.12. The average molecular weight is 341 g/mol. The lowest BCUT2D eigenvalue weighted by molar-refractivity contribution is -0.137. The van der Waals surface area contributed by atoms with Gasteiger partial charge in [-0.2, -0.15) is 0 Å². The molecule has 1 fully saturated rings. The molecule has 1 heterocycles. The normalized spacial score (nSPS) is 18.2. The summed E-state index contributed by atoms with van der Waals surface area (Å²) in [6, 6.07) is 13.2. The summed E-state index contributed by atoms with van der Waals surface area (Å²) in [5.74, 6) is -1.06. The molecule has 0 saturated carbocycles. The van der Waals surface area contributed by atoms with Crippen molar-refractivity contribution in [2.45, 2.75) is 44.2 Å². The van der Waals surface area contributed by atoms with Crippen molar-refractivity contribution < 1.29 is 19.4 Å². The summed E-state index contributed by atoms with van der Waals surface area (Å²) in [6.07, 6.45) is 3.10. The van der Waals surface area contributed by atoms with Crippen LogP contribution in [0.25, 0.3) is 10.8 Å². The van der Waals surface area contributed by atoms with Crippen molar-refractivity contribution in [1.82, 2.24) is 5.32 Å². The molecule has 132 valence electrons. The minimum Gasteiger partial charge on any atom is -0.481 e. The number of benzene rings is 2. The minimum absolute atomic E-state index is 0.130. The number of aliphatic carboxylic acids is 1. The van der Waals surface area contributed by atoms with Crippen LogP contribution in [0.2, 0.25) is 0 Å². The molecule has 1 saturated heterocycles. The lowest BCUT2D eigenvalue weighted by Crippen LogP contribution is -2.30. The first kappa shape index (κ1) is 17.4. The van der Waals surface area contributed by atoms with E-state index in [2.05, 4.69) is 5.32 Å². The van der Waals surface area contributed by atoms with Gasteiger partial charge in [-0.15, -0.1) is 0 Å². The topological polar surface area (TPSA) is 75.6 Å². The summed E-state index contributed by atoms with van der Waals surface area (Å²) in [5, 5.41) is 14.2. The van der Waals surface area contributed by atoms with E-state index >= 15 is 0 Å². The number of hydrogen-bond donors (Lipinski definition) is 2. The Hall–Kier alpha value is -2.40. The molecule has 2 N–H and O–H groups in total. The van der Waals surface area contributed by atoms with Gasteiger partial charge in [-0.05, 0) is 41.7 Å². The number of carbonyl (C=O) groups excluding carboxylic acids is 1. The SMILES string of the molecule is O=C(O)C[C@H](NC(=O)CCC1CCCO1)c1ccc2ccccc2c1. The molecule has 5 heteroatoms. The molecule has 5 nitrogen and oxygen atoms in total. The molecule has 0 aliphatic carbocycles. The smallest absolute Gasteiger partial charge is 0.305 e. The molecule has 1 aliphatic rings. The Labute approximate surface area is 147 Å². The first-order chi connectivity index (χ1) is 12.1. The molecule has 0 spiro atoms. The number of fused-ring (bicyclic) bond motifs is 1. The van der Waals surface area contributed by atoms with Gasteiger partial charge in [0.15, 0.2) is 0 Å². The highest BCUT2D eigenvalue weighted by atomic mass is 16.5. The highest BCUT2D eigenvalue weighted by molar-refractivity contribution is 5.84. The van der Waals surface area contributed by atoms with Gasteiger partial charge in [-0.3, -0.25) is 9.59 Å². The monoisotopic (exact) mass is 341 g/mol. The number of carbonyl (C=O) groups is 2. The number of ether oxygens (including phenoxy) is 1. The Kier molecular flexibility index (Phi) is 5.66. The largest absolute Gasteiger partial charge is 0.481 e. The predicted molar refractivity (Wildman–Crippen MR) is 95.3 cm³/mol. The molecule has 1 amide bonds. The molecule has 25 heavy (non-hydrogen) atoms. The van der Waals surface area contributed by atoms with Crippen molar-refractivity contribution in [3.8, 4) is 0 Å². The second-order valence-corrected chi connectivity index (χ2v) is 6.50. The third kappa shape index (κ3) is 4.79.